The second kappa shape index (κ2) is 5.48. The van der Waals surface area contributed by atoms with Crippen LogP contribution in [-0.2, 0) is 13.6 Å². The largest absolute Gasteiger partial charge is 0.333 e. The summed E-state index contributed by atoms with van der Waals surface area (Å²) in [5.41, 5.74) is 5.89. The minimum atomic E-state index is -0.346. The molecule has 1 unspecified atom stereocenters. The van der Waals surface area contributed by atoms with Crippen LogP contribution in [0.1, 0.15) is 45.5 Å². The van der Waals surface area contributed by atoms with Crippen molar-refractivity contribution >= 4 is 11.2 Å². The summed E-state index contributed by atoms with van der Waals surface area (Å²) in [6, 6.07) is -0.343. The molecule has 2 N–H and O–H groups in total. The molecule has 21 heavy (non-hydrogen) atoms. The van der Waals surface area contributed by atoms with Crippen molar-refractivity contribution in [3.05, 3.63) is 26.7 Å². The lowest BCUT2D eigenvalue weighted by Gasteiger charge is -2.14. The Kier molecular flexibility index (Phi) is 4.04. The number of nitrogens with zero attached hydrogens (tertiary/aromatic N) is 4. The van der Waals surface area contributed by atoms with Crippen molar-refractivity contribution in [3.63, 3.8) is 0 Å². The first-order valence-corrected chi connectivity index (χ1v) is 7.26. The standard InChI is InChI=1S/C14H23N5O2/c1-6-18-12-10(17(5)11(16-12)8(2)3)13(20)19(14(18)21)9(4)7-15/h8-9H,6-7,15H2,1-5H3. The zero-order valence-electron chi connectivity index (χ0n) is 13.3. The van der Waals surface area contributed by atoms with Crippen molar-refractivity contribution in [3.8, 4) is 0 Å². The van der Waals surface area contributed by atoms with E-state index >= 15 is 0 Å². The van der Waals surface area contributed by atoms with Crippen molar-refractivity contribution in [2.24, 2.45) is 12.8 Å². The van der Waals surface area contributed by atoms with Gasteiger partial charge in [-0.05, 0) is 13.8 Å². The van der Waals surface area contributed by atoms with E-state index < -0.39 is 0 Å². The quantitative estimate of drug-likeness (QED) is 0.892. The Morgan fingerprint density at radius 3 is 2.33 bits per heavy atom. The van der Waals surface area contributed by atoms with Gasteiger partial charge in [0, 0.05) is 26.1 Å². The van der Waals surface area contributed by atoms with Gasteiger partial charge in [0.15, 0.2) is 11.2 Å². The van der Waals surface area contributed by atoms with Gasteiger partial charge in [0.25, 0.3) is 5.56 Å². The highest BCUT2D eigenvalue weighted by molar-refractivity contribution is 5.71. The number of nitrogens with two attached hydrogens (primary N) is 1. The van der Waals surface area contributed by atoms with Crippen LogP contribution in [0.5, 0.6) is 0 Å². The topological polar surface area (TPSA) is 87.8 Å². The van der Waals surface area contributed by atoms with Crippen molar-refractivity contribution in [2.45, 2.75) is 46.2 Å². The lowest BCUT2D eigenvalue weighted by Crippen LogP contribution is -2.43. The van der Waals surface area contributed by atoms with E-state index in [1.807, 2.05) is 27.8 Å². The van der Waals surface area contributed by atoms with E-state index in [9.17, 15) is 9.59 Å². The molecule has 7 heteroatoms. The maximum Gasteiger partial charge on any atom is 0.333 e. The fraction of sp³-hybridized carbons (Fsp3) is 0.643. The number of rotatable bonds is 4. The molecule has 0 radical (unpaired) electrons. The van der Waals surface area contributed by atoms with Crippen molar-refractivity contribution < 1.29 is 0 Å². The van der Waals surface area contributed by atoms with Gasteiger partial charge in [0.1, 0.15) is 5.82 Å². The molecule has 0 aliphatic rings. The molecular weight excluding hydrogens is 270 g/mol. The van der Waals surface area contributed by atoms with Crippen molar-refractivity contribution in [1.29, 1.82) is 0 Å². The molecule has 2 rings (SSSR count). The van der Waals surface area contributed by atoms with Gasteiger partial charge in [0.2, 0.25) is 0 Å². The fourth-order valence-corrected chi connectivity index (χ4v) is 2.65. The molecule has 0 saturated carbocycles. The maximum absolute atomic E-state index is 12.7. The molecule has 2 aromatic heterocycles. The van der Waals surface area contributed by atoms with Crippen LogP contribution in [0.15, 0.2) is 9.59 Å². The van der Waals surface area contributed by atoms with E-state index in [2.05, 4.69) is 4.98 Å². The van der Waals surface area contributed by atoms with Crippen LogP contribution in [0.4, 0.5) is 0 Å². The van der Waals surface area contributed by atoms with Gasteiger partial charge in [-0.25, -0.2) is 9.78 Å². The summed E-state index contributed by atoms with van der Waals surface area (Å²) >= 11 is 0. The molecule has 0 aliphatic heterocycles. The maximum atomic E-state index is 12.7. The first kappa shape index (κ1) is 15.5. The average Bonchev–Trinajstić information content (AvgIpc) is 2.77. The normalized spacial score (nSPS) is 13.3. The molecular formula is C14H23N5O2. The Labute approximate surface area is 123 Å². The van der Waals surface area contributed by atoms with Crippen LogP contribution in [0.25, 0.3) is 11.2 Å². The Bertz CT molecular complexity index is 781. The lowest BCUT2D eigenvalue weighted by molar-refractivity contribution is 0.492. The summed E-state index contributed by atoms with van der Waals surface area (Å²) < 4.78 is 4.56. The van der Waals surface area contributed by atoms with Gasteiger partial charge in [-0.15, -0.1) is 0 Å². The number of hydrogen-bond donors (Lipinski definition) is 1. The third-order valence-electron chi connectivity index (χ3n) is 3.84. The third-order valence-corrected chi connectivity index (χ3v) is 3.84. The summed E-state index contributed by atoms with van der Waals surface area (Å²) in [6.07, 6.45) is 0. The second-order valence-corrected chi connectivity index (χ2v) is 5.64. The molecule has 116 valence electrons. The van der Waals surface area contributed by atoms with Gasteiger partial charge in [0.05, 0.1) is 6.04 Å². The Hall–Kier alpha value is -1.89. The van der Waals surface area contributed by atoms with E-state index in [0.717, 1.165) is 5.82 Å². The summed E-state index contributed by atoms with van der Waals surface area (Å²) in [7, 11) is 1.81. The van der Waals surface area contributed by atoms with Crippen LogP contribution in [0.3, 0.4) is 0 Å². The Balaban J connectivity index is 3.02. The van der Waals surface area contributed by atoms with E-state index in [1.54, 1.807) is 11.5 Å². The van der Waals surface area contributed by atoms with Gasteiger partial charge >= 0.3 is 5.69 Å². The van der Waals surface area contributed by atoms with Gasteiger partial charge in [-0.3, -0.25) is 13.9 Å². The van der Waals surface area contributed by atoms with Crippen LogP contribution < -0.4 is 17.0 Å². The molecule has 0 aliphatic carbocycles. The smallest absolute Gasteiger partial charge is 0.328 e. The predicted octanol–water partition coefficient (Wildman–Crippen LogP) is 0.560. The fourth-order valence-electron chi connectivity index (χ4n) is 2.65. The second-order valence-electron chi connectivity index (χ2n) is 5.64. The summed E-state index contributed by atoms with van der Waals surface area (Å²) in [5.74, 6) is 0.962. The Morgan fingerprint density at radius 1 is 1.24 bits per heavy atom. The van der Waals surface area contributed by atoms with Crippen molar-refractivity contribution in [2.75, 3.05) is 6.54 Å². The van der Waals surface area contributed by atoms with Crippen LogP contribution >= 0.6 is 0 Å². The molecule has 0 fully saturated rings. The first-order valence-electron chi connectivity index (χ1n) is 7.26. The van der Waals surface area contributed by atoms with E-state index in [0.29, 0.717) is 17.7 Å². The number of imidazole rings is 1. The van der Waals surface area contributed by atoms with Crippen LogP contribution in [0, 0.1) is 0 Å². The lowest BCUT2D eigenvalue weighted by atomic mass is 10.2. The Morgan fingerprint density at radius 2 is 1.86 bits per heavy atom. The number of aromatic nitrogens is 4. The summed E-state index contributed by atoms with van der Waals surface area (Å²) in [4.78, 5) is 29.8. The van der Waals surface area contributed by atoms with Gasteiger partial charge < -0.3 is 10.3 Å². The average molecular weight is 293 g/mol. The monoisotopic (exact) mass is 293 g/mol. The molecule has 7 nitrogen and oxygen atoms in total. The number of hydrogen-bond acceptors (Lipinski definition) is 4. The zero-order chi connectivity index (χ0) is 15.9. The third kappa shape index (κ3) is 2.21. The number of aryl methyl sites for hydroxylation is 2. The highest BCUT2D eigenvalue weighted by Gasteiger charge is 2.22. The molecule has 0 amide bonds. The molecule has 0 spiro atoms. The minimum absolute atomic E-state index is 0.169. The SMILES string of the molecule is CCn1c(=O)n(C(C)CN)c(=O)c2c1nc(C(C)C)n2C. The minimum Gasteiger partial charge on any atom is -0.328 e. The number of fused-ring (bicyclic) bond motifs is 1. The first-order chi connectivity index (χ1) is 9.84. The van der Waals surface area contributed by atoms with Crippen LogP contribution in [-0.4, -0.2) is 25.2 Å². The predicted molar refractivity (Wildman–Crippen MR) is 82.8 cm³/mol. The van der Waals surface area contributed by atoms with Crippen LogP contribution in [0.2, 0.25) is 0 Å². The van der Waals surface area contributed by atoms with Crippen molar-refractivity contribution in [1.82, 2.24) is 18.7 Å². The van der Waals surface area contributed by atoms with E-state index in [-0.39, 0.29) is 29.8 Å². The molecule has 0 saturated heterocycles. The van der Waals surface area contributed by atoms with Gasteiger partial charge in [-0.2, -0.15) is 0 Å². The molecule has 1 atom stereocenters. The van der Waals surface area contributed by atoms with Gasteiger partial charge in [-0.1, -0.05) is 13.8 Å². The van der Waals surface area contributed by atoms with E-state index in [1.165, 1.54) is 9.13 Å². The summed E-state index contributed by atoms with van der Waals surface area (Å²) in [5, 5.41) is 0. The molecule has 0 aromatic carbocycles. The van der Waals surface area contributed by atoms with E-state index in [4.69, 9.17) is 5.73 Å². The molecule has 2 aromatic rings. The zero-order valence-corrected chi connectivity index (χ0v) is 13.3. The summed E-state index contributed by atoms with van der Waals surface area (Å²) in [6.45, 7) is 8.36. The highest BCUT2D eigenvalue weighted by Crippen LogP contribution is 2.17. The molecule has 0 bridgehead atoms. The highest BCUT2D eigenvalue weighted by atomic mass is 16.2. The molecule has 2 heterocycles.